The Labute approximate surface area is 169 Å². The van der Waals surface area contributed by atoms with Crippen LogP contribution in [0.5, 0.6) is 0 Å². The third-order valence-corrected chi connectivity index (χ3v) is 5.58. The van der Waals surface area contributed by atoms with Gasteiger partial charge in [0.05, 0.1) is 6.61 Å². The third kappa shape index (κ3) is 4.24. The first-order valence-electron chi connectivity index (χ1n) is 9.85. The Kier molecular flexibility index (Phi) is 5.76. The lowest BCUT2D eigenvalue weighted by Crippen LogP contribution is -2.36. The molecule has 1 aromatic heterocycles. The van der Waals surface area contributed by atoms with Crippen molar-refractivity contribution < 1.29 is 15.1 Å². The quantitative estimate of drug-likeness (QED) is 0.243. The predicted molar refractivity (Wildman–Crippen MR) is 112 cm³/mol. The second kappa shape index (κ2) is 8.61. The molecule has 6 heteroatoms. The minimum absolute atomic E-state index is 0.0296. The van der Waals surface area contributed by atoms with Crippen LogP contribution in [0.2, 0.25) is 0 Å². The molecule has 0 fully saturated rings. The van der Waals surface area contributed by atoms with Crippen LogP contribution < -0.4 is 10.8 Å². The number of aromatic nitrogens is 1. The Hall–Kier alpha value is -2.93. The number of aliphatic hydroxyl groups is 1. The topological polar surface area (TPSA) is 97.4 Å². The molecule has 2 atom stereocenters. The molecule has 1 aliphatic carbocycles. The third-order valence-electron chi connectivity index (χ3n) is 5.58. The van der Waals surface area contributed by atoms with Crippen molar-refractivity contribution in [2.24, 2.45) is 0 Å². The van der Waals surface area contributed by atoms with Gasteiger partial charge in [-0.15, -0.1) is 0 Å². The van der Waals surface area contributed by atoms with E-state index >= 15 is 0 Å². The molecule has 0 saturated heterocycles. The number of carbonyl (C=O) groups is 1. The maximum absolute atomic E-state index is 11.2. The number of fused-ring (bicyclic) bond motifs is 2. The van der Waals surface area contributed by atoms with Crippen molar-refractivity contribution in [2.45, 2.75) is 31.3 Å². The molecule has 150 valence electrons. The number of H-pyrrole nitrogens is 1. The van der Waals surface area contributed by atoms with Gasteiger partial charge < -0.3 is 15.4 Å². The molecule has 0 spiro atoms. The average Bonchev–Trinajstić information content (AvgIpc) is 3.35. The fraction of sp³-hybridized carbons (Fsp3) is 0.261. The van der Waals surface area contributed by atoms with E-state index < -0.39 is 5.91 Å². The zero-order valence-electron chi connectivity index (χ0n) is 16.1. The lowest BCUT2D eigenvalue weighted by atomic mass is 10.0. The zero-order valence-corrected chi connectivity index (χ0v) is 16.1. The Morgan fingerprint density at radius 2 is 2.14 bits per heavy atom. The summed E-state index contributed by atoms with van der Waals surface area (Å²) in [6.45, 7) is 0.0719. The number of hydrogen-bond acceptors (Lipinski definition) is 4. The number of aryl methyl sites for hydroxylation is 1. The van der Waals surface area contributed by atoms with Crippen LogP contribution in [0.1, 0.15) is 34.7 Å². The van der Waals surface area contributed by atoms with Gasteiger partial charge in [-0.3, -0.25) is 10.0 Å². The number of amides is 1. The van der Waals surface area contributed by atoms with Crippen LogP contribution >= 0.6 is 0 Å². The van der Waals surface area contributed by atoms with Crippen LogP contribution in [0, 0.1) is 0 Å². The Morgan fingerprint density at radius 1 is 1.28 bits per heavy atom. The minimum atomic E-state index is -0.548. The largest absolute Gasteiger partial charge is 0.395 e. The molecule has 29 heavy (non-hydrogen) atoms. The summed E-state index contributed by atoms with van der Waals surface area (Å²) in [7, 11) is 0. The number of hydroxylamine groups is 1. The van der Waals surface area contributed by atoms with Crippen molar-refractivity contribution in [3.8, 4) is 0 Å². The molecule has 6 nitrogen and oxygen atoms in total. The van der Waals surface area contributed by atoms with Gasteiger partial charge in [-0.1, -0.05) is 36.4 Å². The summed E-state index contributed by atoms with van der Waals surface area (Å²) < 4.78 is 0. The number of aliphatic hydroxyl groups excluding tert-OH is 1. The fourth-order valence-electron chi connectivity index (χ4n) is 4.15. The predicted octanol–water partition coefficient (Wildman–Crippen LogP) is 2.87. The molecule has 0 unspecified atom stereocenters. The maximum atomic E-state index is 11.2. The van der Waals surface area contributed by atoms with E-state index in [9.17, 15) is 9.90 Å². The smallest absolute Gasteiger partial charge is 0.267 e. The van der Waals surface area contributed by atoms with Gasteiger partial charge in [0.25, 0.3) is 5.91 Å². The first-order valence-corrected chi connectivity index (χ1v) is 9.85. The van der Waals surface area contributed by atoms with E-state index in [1.54, 1.807) is 11.6 Å². The van der Waals surface area contributed by atoms with Gasteiger partial charge in [0.15, 0.2) is 0 Å². The van der Waals surface area contributed by atoms with Crippen molar-refractivity contribution in [1.82, 2.24) is 15.8 Å². The Bertz CT molecular complexity index is 1040. The molecule has 2 aromatic carbocycles. The highest BCUT2D eigenvalue weighted by Crippen LogP contribution is 2.33. The van der Waals surface area contributed by atoms with Crippen LogP contribution in [-0.2, 0) is 17.6 Å². The summed E-state index contributed by atoms with van der Waals surface area (Å²) in [5.41, 5.74) is 7.32. The standard InChI is InChI=1S/C23H25N3O3/c27-14-18(12-17-13-24-21-4-2-1-3-19(17)21)25-22-9-7-16-11-15(5-8-20(16)22)6-10-23(28)26-29/h1-6,8,10-11,13,18,22,24-25,27,29H,7,9,12,14H2,(H,26,28)/t18-,22-/m0/s1. The van der Waals surface area contributed by atoms with Gasteiger partial charge in [0.1, 0.15) is 0 Å². The van der Waals surface area contributed by atoms with Gasteiger partial charge >= 0.3 is 0 Å². The minimum Gasteiger partial charge on any atom is -0.395 e. The monoisotopic (exact) mass is 391 g/mol. The first kappa shape index (κ1) is 19.4. The normalized spacial score (nSPS) is 17.0. The van der Waals surface area contributed by atoms with Gasteiger partial charge in [-0.05, 0) is 53.7 Å². The number of nitrogens with one attached hydrogen (secondary N) is 3. The van der Waals surface area contributed by atoms with Gasteiger partial charge in [-0.25, -0.2) is 5.48 Å². The van der Waals surface area contributed by atoms with Crippen LogP contribution in [0.3, 0.4) is 0 Å². The van der Waals surface area contributed by atoms with Crippen LogP contribution in [0.25, 0.3) is 17.0 Å². The van der Waals surface area contributed by atoms with Crippen LogP contribution in [0.4, 0.5) is 0 Å². The number of benzene rings is 2. The number of aromatic amines is 1. The highest BCUT2D eigenvalue weighted by atomic mass is 16.5. The Morgan fingerprint density at radius 3 is 2.97 bits per heavy atom. The maximum Gasteiger partial charge on any atom is 0.267 e. The van der Waals surface area contributed by atoms with E-state index in [0.717, 1.165) is 30.3 Å². The number of carbonyl (C=O) groups excluding carboxylic acids is 1. The Balaban J connectivity index is 1.46. The first-order chi connectivity index (χ1) is 14.2. The van der Waals surface area contributed by atoms with Gasteiger partial charge in [0.2, 0.25) is 0 Å². The van der Waals surface area contributed by atoms with E-state index in [1.165, 1.54) is 28.2 Å². The van der Waals surface area contributed by atoms with Crippen molar-refractivity contribution in [3.63, 3.8) is 0 Å². The molecule has 4 rings (SSSR count). The summed E-state index contributed by atoms with van der Waals surface area (Å²) in [4.78, 5) is 14.5. The SMILES string of the molecule is O=C(C=Cc1ccc2c(c1)CC[C@@H]2N[C@H](CO)Cc1c[nH]c2ccccc12)NO. The van der Waals surface area contributed by atoms with Crippen molar-refractivity contribution in [3.05, 3.63) is 77.0 Å². The van der Waals surface area contributed by atoms with Crippen molar-refractivity contribution in [1.29, 1.82) is 0 Å². The fourth-order valence-corrected chi connectivity index (χ4v) is 4.15. The van der Waals surface area contributed by atoms with E-state index in [1.807, 2.05) is 24.4 Å². The van der Waals surface area contributed by atoms with Crippen molar-refractivity contribution in [2.75, 3.05) is 6.61 Å². The second-order valence-corrected chi connectivity index (χ2v) is 7.47. The van der Waals surface area contributed by atoms with Crippen molar-refractivity contribution >= 4 is 22.9 Å². The molecule has 1 heterocycles. The van der Waals surface area contributed by atoms with E-state index in [0.29, 0.717) is 0 Å². The highest BCUT2D eigenvalue weighted by molar-refractivity contribution is 5.90. The van der Waals surface area contributed by atoms with Gasteiger partial charge in [0, 0.05) is 35.3 Å². The lowest BCUT2D eigenvalue weighted by Gasteiger charge is -2.22. The van der Waals surface area contributed by atoms with E-state index in [2.05, 4.69) is 34.6 Å². The van der Waals surface area contributed by atoms with Gasteiger partial charge in [-0.2, -0.15) is 0 Å². The lowest BCUT2D eigenvalue weighted by molar-refractivity contribution is -0.124. The van der Waals surface area contributed by atoms with Crippen LogP contribution in [-0.4, -0.2) is 33.9 Å². The van der Waals surface area contributed by atoms with E-state index in [4.69, 9.17) is 5.21 Å². The summed E-state index contributed by atoms with van der Waals surface area (Å²) in [6.07, 6.45) is 7.69. The molecule has 1 amide bonds. The molecular weight excluding hydrogens is 366 g/mol. The average molecular weight is 391 g/mol. The second-order valence-electron chi connectivity index (χ2n) is 7.47. The molecule has 0 bridgehead atoms. The highest BCUT2D eigenvalue weighted by Gasteiger charge is 2.25. The number of para-hydroxylation sites is 1. The zero-order chi connectivity index (χ0) is 20.2. The molecule has 0 aliphatic heterocycles. The molecular formula is C23H25N3O3. The van der Waals surface area contributed by atoms with E-state index in [-0.39, 0.29) is 18.7 Å². The summed E-state index contributed by atoms with van der Waals surface area (Å²) >= 11 is 0. The summed E-state index contributed by atoms with van der Waals surface area (Å²) in [5.74, 6) is -0.548. The number of hydrogen-bond donors (Lipinski definition) is 5. The molecule has 0 saturated carbocycles. The summed E-state index contributed by atoms with van der Waals surface area (Å²) in [6, 6.07) is 14.5. The summed E-state index contributed by atoms with van der Waals surface area (Å²) in [5, 5.41) is 23.4. The molecule has 1 aliphatic rings. The van der Waals surface area contributed by atoms with Crippen LogP contribution in [0.15, 0.2) is 54.7 Å². The number of rotatable bonds is 7. The molecule has 0 radical (unpaired) electrons. The molecule has 3 aromatic rings. The molecule has 5 N–H and O–H groups in total.